The van der Waals surface area contributed by atoms with E-state index in [0.29, 0.717) is 6.04 Å². The van der Waals surface area contributed by atoms with Crippen LogP contribution in [0.5, 0.6) is 5.75 Å². The van der Waals surface area contributed by atoms with Crippen LogP contribution in [0.15, 0.2) is 48.8 Å². The zero-order valence-electron chi connectivity index (χ0n) is 11.1. The number of benzene rings is 1. The summed E-state index contributed by atoms with van der Waals surface area (Å²) in [6, 6.07) is 12.9. The van der Waals surface area contributed by atoms with E-state index in [-0.39, 0.29) is 0 Å². The Morgan fingerprint density at radius 3 is 2.84 bits per heavy atom. The van der Waals surface area contributed by atoms with Crippen LogP contribution in [-0.2, 0) is 6.54 Å². The molecule has 3 rings (SSSR count). The number of nitrogens with zero attached hydrogens (tertiary/aromatic N) is 2. The highest BCUT2D eigenvalue weighted by Gasteiger charge is 2.24. The molecule has 0 spiro atoms. The number of aromatic nitrogens is 1. The second-order valence-corrected chi connectivity index (χ2v) is 4.96. The van der Waals surface area contributed by atoms with Crippen molar-refractivity contribution < 1.29 is 4.74 Å². The molecule has 3 nitrogen and oxygen atoms in total. The molecule has 0 saturated carbocycles. The van der Waals surface area contributed by atoms with Crippen molar-refractivity contribution in [1.82, 2.24) is 9.88 Å². The first-order chi connectivity index (χ1) is 9.34. The van der Waals surface area contributed by atoms with Crippen molar-refractivity contribution in [2.75, 3.05) is 13.7 Å². The summed E-state index contributed by atoms with van der Waals surface area (Å²) >= 11 is 0. The van der Waals surface area contributed by atoms with Crippen molar-refractivity contribution in [3.05, 3.63) is 59.9 Å². The maximum atomic E-state index is 5.72. The Bertz CT molecular complexity index is 541. The Hall–Kier alpha value is -1.87. The molecular weight excluding hydrogens is 236 g/mol. The van der Waals surface area contributed by atoms with Gasteiger partial charge >= 0.3 is 0 Å². The highest BCUT2D eigenvalue weighted by Crippen LogP contribution is 2.35. The Kier molecular flexibility index (Phi) is 3.47. The van der Waals surface area contributed by atoms with Crippen LogP contribution < -0.4 is 4.74 Å². The first kappa shape index (κ1) is 12.2. The molecule has 0 amide bonds. The lowest BCUT2D eigenvalue weighted by molar-refractivity contribution is 0.161. The topological polar surface area (TPSA) is 25.4 Å². The summed E-state index contributed by atoms with van der Waals surface area (Å²) in [5.41, 5.74) is 2.59. The molecule has 2 heterocycles. The van der Waals surface area contributed by atoms with E-state index in [1.54, 1.807) is 0 Å². The normalized spacial score (nSPS) is 17.9. The first-order valence-corrected chi connectivity index (χ1v) is 6.65. The second kappa shape index (κ2) is 5.41. The van der Waals surface area contributed by atoms with Gasteiger partial charge in [-0.05, 0) is 30.8 Å². The summed E-state index contributed by atoms with van der Waals surface area (Å²) < 4.78 is 5.72. The van der Waals surface area contributed by atoms with E-state index in [1.165, 1.54) is 11.1 Å². The first-order valence-electron chi connectivity index (χ1n) is 6.65. The fraction of sp³-hybridized carbons (Fsp3) is 0.312. The molecule has 3 heteroatoms. The van der Waals surface area contributed by atoms with E-state index in [2.05, 4.69) is 47.3 Å². The van der Waals surface area contributed by atoms with Gasteiger partial charge in [0, 0.05) is 37.0 Å². The maximum Gasteiger partial charge on any atom is 0.124 e. The summed E-state index contributed by atoms with van der Waals surface area (Å²) in [6.07, 6.45) is 4.74. The molecule has 0 aliphatic carbocycles. The quantitative estimate of drug-likeness (QED) is 0.842. The Balaban J connectivity index is 1.80. The van der Waals surface area contributed by atoms with Crippen molar-refractivity contribution in [2.24, 2.45) is 0 Å². The number of fused-ring (bicyclic) bond motifs is 1. The van der Waals surface area contributed by atoms with Gasteiger partial charge in [0.2, 0.25) is 0 Å². The summed E-state index contributed by atoms with van der Waals surface area (Å²) in [6.45, 7) is 1.73. The highest BCUT2D eigenvalue weighted by atomic mass is 16.5. The Labute approximate surface area is 113 Å². The molecule has 1 aliphatic heterocycles. The van der Waals surface area contributed by atoms with Gasteiger partial charge < -0.3 is 4.74 Å². The van der Waals surface area contributed by atoms with Gasteiger partial charge in [0.25, 0.3) is 0 Å². The minimum Gasteiger partial charge on any atom is -0.493 e. The largest absolute Gasteiger partial charge is 0.493 e. The summed E-state index contributed by atoms with van der Waals surface area (Å²) in [5.74, 6) is 1.03. The number of pyridine rings is 1. The van der Waals surface area contributed by atoms with Crippen LogP contribution in [0.4, 0.5) is 0 Å². The van der Waals surface area contributed by atoms with Gasteiger partial charge in [-0.3, -0.25) is 9.88 Å². The molecule has 0 N–H and O–H groups in total. The van der Waals surface area contributed by atoms with Crippen LogP contribution in [-0.4, -0.2) is 23.5 Å². The van der Waals surface area contributed by atoms with Gasteiger partial charge in [0.1, 0.15) is 5.75 Å². The van der Waals surface area contributed by atoms with Crippen molar-refractivity contribution in [3.63, 3.8) is 0 Å². The zero-order chi connectivity index (χ0) is 13.1. The third-order valence-electron chi connectivity index (χ3n) is 3.64. The molecule has 19 heavy (non-hydrogen) atoms. The fourth-order valence-corrected chi connectivity index (χ4v) is 2.67. The number of hydrogen-bond acceptors (Lipinski definition) is 3. The maximum absolute atomic E-state index is 5.72. The minimum absolute atomic E-state index is 0.429. The number of ether oxygens (including phenoxy) is 1. The van der Waals surface area contributed by atoms with E-state index < -0.39 is 0 Å². The number of para-hydroxylation sites is 1. The van der Waals surface area contributed by atoms with Gasteiger partial charge in [-0.25, -0.2) is 0 Å². The second-order valence-electron chi connectivity index (χ2n) is 4.96. The van der Waals surface area contributed by atoms with E-state index in [0.717, 1.165) is 25.3 Å². The van der Waals surface area contributed by atoms with Crippen LogP contribution >= 0.6 is 0 Å². The summed E-state index contributed by atoms with van der Waals surface area (Å²) in [5, 5.41) is 0. The molecule has 0 radical (unpaired) electrons. The third kappa shape index (κ3) is 2.61. The third-order valence-corrected chi connectivity index (χ3v) is 3.64. The molecule has 0 fully saturated rings. The van der Waals surface area contributed by atoms with E-state index in [4.69, 9.17) is 4.74 Å². The molecule has 1 aromatic carbocycles. The number of hydrogen-bond donors (Lipinski definition) is 0. The lowest BCUT2D eigenvalue weighted by atomic mass is 9.99. The van der Waals surface area contributed by atoms with Crippen LogP contribution in [0.25, 0.3) is 0 Å². The number of rotatable bonds is 3. The molecule has 1 atom stereocenters. The average molecular weight is 254 g/mol. The lowest BCUT2D eigenvalue weighted by Gasteiger charge is -2.33. The Morgan fingerprint density at radius 1 is 1.21 bits per heavy atom. The smallest absolute Gasteiger partial charge is 0.124 e. The van der Waals surface area contributed by atoms with Crippen LogP contribution in [0.1, 0.15) is 23.6 Å². The molecule has 0 bridgehead atoms. The van der Waals surface area contributed by atoms with Crippen LogP contribution in [0.2, 0.25) is 0 Å². The molecule has 98 valence electrons. The molecule has 0 saturated heterocycles. The van der Waals surface area contributed by atoms with Crippen molar-refractivity contribution in [2.45, 2.75) is 19.0 Å². The van der Waals surface area contributed by atoms with E-state index in [9.17, 15) is 0 Å². The summed E-state index contributed by atoms with van der Waals surface area (Å²) in [7, 11) is 2.17. The van der Waals surface area contributed by atoms with Gasteiger partial charge in [-0.1, -0.05) is 18.2 Å². The molecular formula is C16H18N2O. The zero-order valence-corrected chi connectivity index (χ0v) is 11.1. The monoisotopic (exact) mass is 254 g/mol. The predicted octanol–water partition coefficient (Wildman–Crippen LogP) is 3.04. The molecule has 1 aromatic heterocycles. The van der Waals surface area contributed by atoms with Gasteiger partial charge in [0.05, 0.1) is 6.61 Å². The van der Waals surface area contributed by atoms with E-state index >= 15 is 0 Å². The van der Waals surface area contributed by atoms with Gasteiger partial charge in [-0.15, -0.1) is 0 Å². The van der Waals surface area contributed by atoms with Gasteiger partial charge in [-0.2, -0.15) is 0 Å². The fourth-order valence-electron chi connectivity index (χ4n) is 2.67. The lowest BCUT2D eigenvalue weighted by Crippen LogP contribution is -2.29. The van der Waals surface area contributed by atoms with Gasteiger partial charge in [0.15, 0.2) is 0 Å². The Morgan fingerprint density at radius 2 is 2.00 bits per heavy atom. The van der Waals surface area contributed by atoms with Crippen molar-refractivity contribution >= 4 is 0 Å². The SMILES string of the molecule is CN(Cc1ccncc1)C1CCOc2ccccc21. The molecule has 2 aromatic rings. The van der Waals surface area contributed by atoms with Crippen molar-refractivity contribution in [3.8, 4) is 5.75 Å². The standard InChI is InChI=1S/C16H18N2O/c1-18(12-13-6-9-17-10-7-13)15-8-11-19-16-5-3-2-4-14(15)16/h2-7,9-10,15H,8,11-12H2,1H3. The summed E-state index contributed by atoms with van der Waals surface area (Å²) in [4.78, 5) is 6.45. The predicted molar refractivity (Wildman–Crippen MR) is 75.0 cm³/mol. The average Bonchev–Trinajstić information content (AvgIpc) is 2.47. The van der Waals surface area contributed by atoms with Crippen molar-refractivity contribution in [1.29, 1.82) is 0 Å². The van der Waals surface area contributed by atoms with Crippen LogP contribution in [0.3, 0.4) is 0 Å². The molecule has 1 aliphatic rings. The highest BCUT2D eigenvalue weighted by molar-refractivity contribution is 5.37. The van der Waals surface area contributed by atoms with E-state index in [1.807, 2.05) is 18.5 Å². The minimum atomic E-state index is 0.429. The molecule has 1 unspecified atom stereocenters. The van der Waals surface area contributed by atoms with Crippen LogP contribution in [0, 0.1) is 0 Å².